The molecule has 1 N–H and O–H groups in total. The van der Waals surface area contributed by atoms with Crippen molar-refractivity contribution >= 4 is 21.4 Å². The standard InChI is InChI=1S/C17H17NO5S/c1-11(2)24(20,21)14-6-4-13(5-7-14)18-17(19)12-3-8-15-16(9-12)23-10-22-15/h3-9,11H,10H2,1-2H3,(H,18,19). The molecular formula is C17H17NO5S. The maximum absolute atomic E-state index is 12.3. The Kier molecular flexibility index (Phi) is 4.19. The van der Waals surface area contributed by atoms with Gasteiger partial charge in [0.15, 0.2) is 21.3 Å². The Morgan fingerprint density at radius 1 is 1.04 bits per heavy atom. The quantitative estimate of drug-likeness (QED) is 0.920. The van der Waals surface area contributed by atoms with Crippen molar-refractivity contribution in [1.29, 1.82) is 0 Å². The number of hydrogen-bond acceptors (Lipinski definition) is 5. The molecule has 0 saturated heterocycles. The van der Waals surface area contributed by atoms with Crippen molar-refractivity contribution in [3.8, 4) is 11.5 Å². The summed E-state index contributed by atoms with van der Waals surface area (Å²) in [6, 6.07) is 11.0. The molecule has 0 bridgehead atoms. The lowest BCUT2D eigenvalue weighted by Crippen LogP contribution is -2.14. The fourth-order valence-electron chi connectivity index (χ4n) is 2.24. The molecule has 7 heteroatoms. The Hall–Kier alpha value is -2.54. The topological polar surface area (TPSA) is 81.7 Å². The average Bonchev–Trinajstić information content (AvgIpc) is 3.02. The summed E-state index contributed by atoms with van der Waals surface area (Å²) >= 11 is 0. The van der Waals surface area contributed by atoms with Crippen LogP contribution in [0.25, 0.3) is 0 Å². The molecule has 1 aliphatic rings. The van der Waals surface area contributed by atoms with Gasteiger partial charge in [-0.2, -0.15) is 0 Å². The Labute approximate surface area is 140 Å². The lowest BCUT2D eigenvalue weighted by atomic mass is 10.2. The van der Waals surface area contributed by atoms with Crippen molar-refractivity contribution in [2.24, 2.45) is 0 Å². The molecule has 0 unspecified atom stereocenters. The number of nitrogens with one attached hydrogen (secondary N) is 1. The average molecular weight is 347 g/mol. The fraction of sp³-hybridized carbons (Fsp3) is 0.235. The molecule has 1 amide bonds. The van der Waals surface area contributed by atoms with Crippen LogP contribution < -0.4 is 14.8 Å². The van der Waals surface area contributed by atoms with Crippen molar-refractivity contribution in [1.82, 2.24) is 0 Å². The second kappa shape index (κ2) is 6.16. The number of anilines is 1. The lowest BCUT2D eigenvalue weighted by Gasteiger charge is -2.09. The SMILES string of the molecule is CC(C)S(=O)(=O)c1ccc(NC(=O)c2ccc3c(c2)OCO3)cc1. The van der Waals surface area contributed by atoms with Crippen molar-refractivity contribution in [2.75, 3.05) is 12.1 Å². The van der Waals surface area contributed by atoms with Gasteiger partial charge in [-0.15, -0.1) is 0 Å². The van der Waals surface area contributed by atoms with E-state index in [2.05, 4.69) is 5.32 Å². The van der Waals surface area contributed by atoms with Gasteiger partial charge in [0, 0.05) is 11.3 Å². The van der Waals surface area contributed by atoms with Crippen molar-refractivity contribution in [3.05, 3.63) is 48.0 Å². The Morgan fingerprint density at radius 2 is 1.71 bits per heavy atom. The van der Waals surface area contributed by atoms with Crippen LogP contribution in [0.2, 0.25) is 0 Å². The largest absolute Gasteiger partial charge is 0.454 e. The highest BCUT2D eigenvalue weighted by atomic mass is 32.2. The number of carbonyl (C=O) groups is 1. The predicted octanol–water partition coefficient (Wildman–Crippen LogP) is 2.85. The van der Waals surface area contributed by atoms with E-state index in [4.69, 9.17) is 9.47 Å². The minimum Gasteiger partial charge on any atom is -0.454 e. The number of fused-ring (bicyclic) bond motifs is 1. The molecule has 0 fully saturated rings. The van der Waals surface area contributed by atoms with E-state index >= 15 is 0 Å². The van der Waals surface area contributed by atoms with Crippen molar-refractivity contribution < 1.29 is 22.7 Å². The molecule has 126 valence electrons. The minimum absolute atomic E-state index is 0.145. The number of carbonyl (C=O) groups excluding carboxylic acids is 1. The molecule has 0 radical (unpaired) electrons. The van der Waals surface area contributed by atoms with E-state index in [1.165, 1.54) is 12.1 Å². The molecule has 0 spiro atoms. The van der Waals surface area contributed by atoms with E-state index in [-0.39, 0.29) is 17.6 Å². The van der Waals surface area contributed by atoms with Gasteiger partial charge in [0.25, 0.3) is 5.91 Å². The van der Waals surface area contributed by atoms with E-state index in [0.717, 1.165) is 0 Å². The van der Waals surface area contributed by atoms with Gasteiger partial charge < -0.3 is 14.8 Å². The molecule has 6 nitrogen and oxygen atoms in total. The van der Waals surface area contributed by atoms with E-state index < -0.39 is 15.1 Å². The second-order valence-electron chi connectivity index (χ2n) is 5.64. The molecule has 0 aromatic heterocycles. The highest BCUT2D eigenvalue weighted by Gasteiger charge is 2.19. The first-order valence-electron chi connectivity index (χ1n) is 7.43. The zero-order valence-electron chi connectivity index (χ0n) is 13.3. The summed E-state index contributed by atoms with van der Waals surface area (Å²) in [5.41, 5.74) is 0.943. The lowest BCUT2D eigenvalue weighted by molar-refractivity contribution is 0.102. The number of benzene rings is 2. The molecule has 0 saturated carbocycles. The van der Waals surface area contributed by atoms with Gasteiger partial charge in [-0.05, 0) is 56.3 Å². The van der Waals surface area contributed by atoms with Gasteiger partial charge in [0.05, 0.1) is 10.1 Å². The van der Waals surface area contributed by atoms with Crippen LogP contribution in [-0.2, 0) is 9.84 Å². The number of amides is 1. The highest BCUT2D eigenvalue weighted by molar-refractivity contribution is 7.92. The molecule has 0 atom stereocenters. The number of sulfone groups is 1. The van der Waals surface area contributed by atoms with Crippen LogP contribution in [0.15, 0.2) is 47.4 Å². The van der Waals surface area contributed by atoms with Crippen molar-refractivity contribution in [2.45, 2.75) is 24.0 Å². The molecule has 0 aliphatic carbocycles. The molecule has 1 heterocycles. The van der Waals surface area contributed by atoms with E-state index in [0.29, 0.717) is 22.7 Å². The van der Waals surface area contributed by atoms with Gasteiger partial charge in [-0.25, -0.2) is 8.42 Å². The number of ether oxygens (including phenoxy) is 2. The molecule has 1 aliphatic heterocycles. The third kappa shape index (κ3) is 3.07. The fourth-order valence-corrected chi connectivity index (χ4v) is 3.30. The maximum atomic E-state index is 12.3. The first-order valence-corrected chi connectivity index (χ1v) is 8.97. The minimum atomic E-state index is -3.32. The van der Waals surface area contributed by atoms with Gasteiger partial charge in [-0.1, -0.05) is 0 Å². The number of hydrogen-bond donors (Lipinski definition) is 1. The first kappa shape index (κ1) is 16.3. The summed E-state index contributed by atoms with van der Waals surface area (Å²) in [5, 5.41) is 2.23. The van der Waals surface area contributed by atoms with Gasteiger partial charge in [-0.3, -0.25) is 4.79 Å². The van der Waals surface area contributed by atoms with Crippen LogP contribution in [0.3, 0.4) is 0 Å². The summed E-state index contributed by atoms with van der Waals surface area (Å²) < 4.78 is 34.6. The van der Waals surface area contributed by atoms with Crippen LogP contribution in [0, 0.1) is 0 Å². The third-order valence-corrected chi connectivity index (χ3v) is 5.87. The third-order valence-electron chi connectivity index (χ3n) is 3.70. The molecule has 3 rings (SSSR count). The van der Waals surface area contributed by atoms with Crippen LogP contribution in [0.5, 0.6) is 11.5 Å². The predicted molar refractivity (Wildman–Crippen MR) is 89.3 cm³/mol. The van der Waals surface area contributed by atoms with E-state index in [1.807, 2.05) is 0 Å². The first-order chi connectivity index (χ1) is 11.4. The summed E-state index contributed by atoms with van der Waals surface area (Å²) in [5.74, 6) is 0.823. The second-order valence-corrected chi connectivity index (χ2v) is 8.14. The Balaban J connectivity index is 1.75. The molecular weight excluding hydrogens is 330 g/mol. The summed E-state index contributed by atoms with van der Waals surface area (Å²) in [7, 11) is -3.32. The van der Waals surface area contributed by atoms with Crippen LogP contribution >= 0.6 is 0 Å². The van der Waals surface area contributed by atoms with E-state index in [1.54, 1.807) is 44.2 Å². The monoisotopic (exact) mass is 347 g/mol. The maximum Gasteiger partial charge on any atom is 0.255 e. The Bertz CT molecular complexity index is 872. The molecule has 24 heavy (non-hydrogen) atoms. The summed E-state index contributed by atoms with van der Waals surface area (Å²) in [6.07, 6.45) is 0. The van der Waals surface area contributed by atoms with Crippen LogP contribution in [0.4, 0.5) is 5.69 Å². The summed E-state index contributed by atoms with van der Waals surface area (Å²) in [4.78, 5) is 12.5. The normalized spacial score (nSPS) is 13.1. The van der Waals surface area contributed by atoms with Crippen molar-refractivity contribution in [3.63, 3.8) is 0 Å². The van der Waals surface area contributed by atoms with Crippen LogP contribution in [0.1, 0.15) is 24.2 Å². The molecule has 2 aromatic carbocycles. The number of rotatable bonds is 4. The summed E-state index contributed by atoms with van der Waals surface area (Å²) in [6.45, 7) is 3.40. The zero-order chi connectivity index (χ0) is 17.3. The zero-order valence-corrected chi connectivity index (χ0v) is 14.1. The molecule has 2 aromatic rings. The highest BCUT2D eigenvalue weighted by Crippen LogP contribution is 2.32. The smallest absolute Gasteiger partial charge is 0.255 e. The van der Waals surface area contributed by atoms with Gasteiger partial charge >= 0.3 is 0 Å². The van der Waals surface area contributed by atoms with Crippen LogP contribution in [-0.4, -0.2) is 26.4 Å². The van der Waals surface area contributed by atoms with E-state index in [9.17, 15) is 13.2 Å². The Morgan fingerprint density at radius 3 is 2.38 bits per heavy atom. The van der Waals surface area contributed by atoms with Gasteiger partial charge in [0.1, 0.15) is 0 Å². The van der Waals surface area contributed by atoms with Gasteiger partial charge in [0.2, 0.25) is 6.79 Å².